The van der Waals surface area contributed by atoms with Crippen molar-refractivity contribution in [1.82, 2.24) is 10.2 Å². The lowest BCUT2D eigenvalue weighted by atomic mass is 10.0. The molecule has 3 aliphatic rings. The smallest absolute Gasteiger partial charge is 0.113 e. The van der Waals surface area contributed by atoms with E-state index < -0.39 is 6.10 Å². The molecule has 18 heavy (non-hydrogen) atoms. The first kappa shape index (κ1) is 12.8. The molecule has 0 saturated carbocycles. The minimum absolute atomic E-state index is 0.0456. The number of likely N-dealkylation sites (tertiary alicyclic amines) is 1. The summed E-state index contributed by atoms with van der Waals surface area (Å²) in [7, 11) is 0. The molecule has 0 aliphatic carbocycles. The van der Waals surface area contributed by atoms with E-state index in [9.17, 15) is 5.11 Å². The van der Waals surface area contributed by atoms with Gasteiger partial charge in [0, 0.05) is 6.04 Å². The molecule has 3 fully saturated rings. The molecular weight excluding hydrogens is 232 g/mol. The molecule has 3 aliphatic heterocycles. The summed E-state index contributed by atoms with van der Waals surface area (Å²) in [6.45, 7) is 6.82. The highest BCUT2D eigenvalue weighted by molar-refractivity contribution is 4.99. The minimum atomic E-state index is -0.441. The Hall–Kier alpha value is -0.200. The van der Waals surface area contributed by atoms with Gasteiger partial charge in [0.2, 0.25) is 0 Å². The fraction of sp³-hybridized carbons (Fsp3) is 1.00. The Labute approximate surface area is 108 Å². The maximum Gasteiger partial charge on any atom is 0.113 e. The van der Waals surface area contributed by atoms with E-state index in [4.69, 9.17) is 9.47 Å². The maximum atomic E-state index is 9.71. The Balaban J connectivity index is 1.49. The van der Waals surface area contributed by atoms with E-state index in [0.29, 0.717) is 19.3 Å². The molecule has 3 rings (SSSR count). The van der Waals surface area contributed by atoms with Crippen LogP contribution >= 0.6 is 0 Å². The highest BCUT2D eigenvalue weighted by atomic mass is 16.6. The van der Waals surface area contributed by atoms with Crippen LogP contribution in [0, 0.1) is 0 Å². The average Bonchev–Trinajstić information content (AvgIpc) is 2.95. The number of nitrogens with one attached hydrogen (secondary N) is 1. The number of aliphatic hydroxyl groups is 1. The van der Waals surface area contributed by atoms with Crippen molar-refractivity contribution >= 4 is 0 Å². The summed E-state index contributed by atoms with van der Waals surface area (Å²) in [5.41, 5.74) is 0. The first-order valence-electron chi connectivity index (χ1n) is 7.17. The van der Waals surface area contributed by atoms with Crippen LogP contribution in [0.2, 0.25) is 0 Å². The van der Waals surface area contributed by atoms with Crippen molar-refractivity contribution in [2.24, 2.45) is 0 Å². The molecule has 3 saturated heterocycles. The van der Waals surface area contributed by atoms with Gasteiger partial charge < -0.3 is 24.8 Å². The third kappa shape index (κ3) is 2.42. The maximum absolute atomic E-state index is 9.71. The Morgan fingerprint density at radius 3 is 2.61 bits per heavy atom. The van der Waals surface area contributed by atoms with Crippen LogP contribution in [0.15, 0.2) is 0 Å². The summed E-state index contributed by atoms with van der Waals surface area (Å²) >= 11 is 0. The van der Waals surface area contributed by atoms with Gasteiger partial charge in [-0.25, -0.2) is 0 Å². The molecule has 0 bridgehead atoms. The Morgan fingerprint density at radius 1 is 1.17 bits per heavy atom. The quantitative estimate of drug-likeness (QED) is 0.719. The molecule has 0 amide bonds. The third-order valence-corrected chi connectivity index (χ3v) is 4.51. The Bertz CT molecular complexity index is 281. The molecule has 104 valence electrons. The molecule has 0 unspecified atom stereocenters. The van der Waals surface area contributed by atoms with Crippen LogP contribution in [0.5, 0.6) is 0 Å². The number of aliphatic hydroxyl groups excluding tert-OH is 1. The van der Waals surface area contributed by atoms with Crippen molar-refractivity contribution in [3.8, 4) is 0 Å². The lowest BCUT2D eigenvalue weighted by molar-refractivity contribution is 0.0175. The first-order valence-corrected chi connectivity index (χ1v) is 7.17. The monoisotopic (exact) mass is 256 g/mol. The number of nitrogens with zero attached hydrogens (tertiary/aromatic N) is 1. The van der Waals surface area contributed by atoms with Gasteiger partial charge in [0.25, 0.3) is 0 Å². The van der Waals surface area contributed by atoms with Gasteiger partial charge in [-0.1, -0.05) is 6.92 Å². The van der Waals surface area contributed by atoms with Gasteiger partial charge in [-0.2, -0.15) is 0 Å². The highest BCUT2D eigenvalue weighted by Crippen LogP contribution is 2.27. The first-order chi connectivity index (χ1) is 8.78. The van der Waals surface area contributed by atoms with Gasteiger partial charge in [0.15, 0.2) is 0 Å². The van der Waals surface area contributed by atoms with E-state index in [1.807, 2.05) is 0 Å². The van der Waals surface area contributed by atoms with Gasteiger partial charge in [-0.05, 0) is 32.5 Å². The van der Waals surface area contributed by atoms with Crippen molar-refractivity contribution < 1.29 is 14.6 Å². The molecular formula is C13H24N2O3. The van der Waals surface area contributed by atoms with Crippen LogP contribution in [0.4, 0.5) is 0 Å². The van der Waals surface area contributed by atoms with Crippen LogP contribution in [-0.4, -0.2) is 73.3 Å². The lowest BCUT2D eigenvalue weighted by Gasteiger charge is -2.33. The van der Waals surface area contributed by atoms with E-state index in [2.05, 4.69) is 17.1 Å². The average molecular weight is 256 g/mol. The molecule has 0 aromatic heterocycles. The summed E-state index contributed by atoms with van der Waals surface area (Å²) in [4.78, 5) is 2.49. The van der Waals surface area contributed by atoms with Crippen LogP contribution in [-0.2, 0) is 9.47 Å². The number of fused-ring (bicyclic) bond motifs is 1. The second-order valence-corrected chi connectivity index (χ2v) is 5.64. The number of ether oxygens (including phenoxy) is 2. The normalized spacial score (nSPS) is 42.3. The fourth-order valence-electron chi connectivity index (χ4n) is 3.34. The SMILES string of the molecule is CCN1CCC(N[C@@H]2CO[C@H]3[C@@H]2OC[C@H]3O)CC1. The van der Waals surface area contributed by atoms with Crippen molar-refractivity contribution in [2.75, 3.05) is 32.8 Å². The molecule has 0 spiro atoms. The summed E-state index contributed by atoms with van der Waals surface area (Å²) < 4.78 is 11.3. The standard InChI is InChI=1S/C13H24N2O3/c1-2-15-5-3-9(4-6-15)14-10-7-17-13-11(16)8-18-12(10)13/h9-14,16H,2-8H2,1H3/t10-,11-,12-,13-/m1/s1. The van der Waals surface area contributed by atoms with E-state index in [1.54, 1.807) is 0 Å². The fourth-order valence-corrected chi connectivity index (χ4v) is 3.34. The van der Waals surface area contributed by atoms with E-state index >= 15 is 0 Å². The Kier molecular flexibility index (Phi) is 3.86. The molecule has 5 nitrogen and oxygen atoms in total. The summed E-state index contributed by atoms with van der Waals surface area (Å²) in [6.07, 6.45) is 1.89. The zero-order chi connectivity index (χ0) is 12.5. The second-order valence-electron chi connectivity index (χ2n) is 5.64. The van der Waals surface area contributed by atoms with Crippen molar-refractivity contribution in [1.29, 1.82) is 0 Å². The zero-order valence-electron chi connectivity index (χ0n) is 11.0. The van der Waals surface area contributed by atoms with Gasteiger partial charge in [0.1, 0.15) is 18.3 Å². The lowest BCUT2D eigenvalue weighted by Crippen LogP contribution is -2.50. The minimum Gasteiger partial charge on any atom is -0.388 e. The molecule has 4 atom stereocenters. The molecule has 5 heteroatoms. The van der Waals surface area contributed by atoms with Crippen molar-refractivity contribution in [3.63, 3.8) is 0 Å². The predicted octanol–water partition coefficient (Wildman–Crippen LogP) is -0.413. The summed E-state index contributed by atoms with van der Waals surface area (Å²) in [6, 6.07) is 0.826. The number of hydrogen-bond donors (Lipinski definition) is 2. The molecule has 2 N–H and O–H groups in total. The topological polar surface area (TPSA) is 54.0 Å². The highest BCUT2D eigenvalue weighted by Gasteiger charge is 2.47. The van der Waals surface area contributed by atoms with Crippen molar-refractivity contribution in [3.05, 3.63) is 0 Å². The van der Waals surface area contributed by atoms with Gasteiger partial charge >= 0.3 is 0 Å². The predicted molar refractivity (Wildman–Crippen MR) is 67.5 cm³/mol. The van der Waals surface area contributed by atoms with Gasteiger partial charge in [-0.15, -0.1) is 0 Å². The number of rotatable bonds is 3. The van der Waals surface area contributed by atoms with Gasteiger partial charge in [0.05, 0.1) is 19.3 Å². The summed E-state index contributed by atoms with van der Waals surface area (Å²) in [5, 5.41) is 13.4. The Morgan fingerprint density at radius 2 is 1.89 bits per heavy atom. The van der Waals surface area contributed by atoms with Crippen LogP contribution < -0.4 is 5.32 Å². The number of hydrogen-bond acceptors (Lipinski definition) is 5. The van der Waals surface area contributed by atoms with Crippen LogP contribution in [0.25, 0.3) is 0 Å². The molecule has 0 radical (unpaired) electrons. The largest absolute Gasteiger partial charge is 0.388 e. The van der Waals surface area contributed by atoms with Crippen molar-refractivity contribution in [2.45, 2.75) is 50.2 Å². The summed E-state index contributed by atoms with van der Waals surface area (Å²) in [5.74, 6) is 0. The molecule has 0 aromatic rings. The van der Waals surface area contributed by atoms with Crippen LogP contribution in [0.3, 0.4) is 0 Å². The third-order valence-electron chi connectivity index (χ3n) is 4.51. The number of piperidine rings is 1. The molecule has 0 aromatic carbocycles. The van der Waals surface area contributed by atoms with E-state index in [-0.39, 0.29) is 18.2 Å². The van der Waals surface area contributed by atoms with E-state index in [1.165, 1.54) is 25.9 Å². The second kappa shape index (κ2) is 5.43. The van der Waals surface area contributed by atoms with E-state index in [0.717, 1.165) is 6.54 Å². The van der Waals surface area contributed by atoms with Gasteiger partial charge in [-0.3, -0.25) is 0 Å². The molecule has 3 heterocycles. The van der Waals surface area contributed by atoms with Crippen LogP contribution in [0.1, 0.15) is 19.8 Å². The zero-order valence-corrected chi connectivity index (χ0v) is 11.0.